The molecule has 4 heteroatoms. The number of hydrogen-bond acceptors (Lipinski definition) is 4. The van der Waals surface area contributed by atoms with E-state index >= 15 is 0 Å². The van der Waals surface area contributed by atoms with E-state index in [1.807, 2.05) is 32.2 Å². The predicted molar refractivity (Wildman–Crippen MR) is 69.2 cm³/mol. The Hall–Kier alpha value is -1.26. The van der Waals surface area contributed by atoms with Crippen LogP contribution in [-0.2, 0) is 6.42 Å². The van der Waals surface area contributed by atoms with Gasteiger partial charge >= 0.3 is 0 Å². The normalized spacial score (nSPS) is 12.6. The molecule has 0 aliphatic rings. The molecule has 2 rings (SSSR count). The maximum atomic E-state index is 5.75. The predicted octanol–water partition coefficient (Wildman–Crippen LogP) is 3.02. The molecule has 2 heterocycles. The van der Waals surface area contributed by atoms with Gasteiger partial charge in [0.05, 0.1) is 11.2 Å². The number of furan rings is 1. The topological polar surface area (TPSA) is 52.0 Å². The lowest BCUT2D eigenvalue weighted by molar-refractivity contribution is 0.527. The van der Waals surface area contributed by atoms with E-state index in [9.17, 15) is 0 Å². The summed E-state index contributed by atoms with van der Waals surface area (Å²) >= 11 is 1.61. The highest BCUT2D eigenvalue weighted by Gasteiger charge is 2.05. The molecule has 0 aliphatic carbocycles. The first-order valence-electron chi connectivity index (χ1n) is 5.57. The lowest BCUT2D eigenvalue weighted by Crippen LogP contribution is -2.17. The van der Waals surface area contributed by atoms with E-state index < -0.39 is 0 Å². The van der Waals surface area contributed by atoms with Crippen molar-refractivity contribution >= 4 is 11.8 Å². The number of hydrogen-bond donors (Lipinski definition) is 1. The maximum absolute atomic E-state index is 5.75. The molecule has 0 fully saturated rings. The van der Waals surface area contributed by atoms with Gasteiger partial charge in [0, 0.05) is 12.2 Å². The smallest absolute Gasteiger partial charge is 0.114 e. The Labute approximate surface area is 105 Å². The summed E-state index contributed by atoms with van der Waals surface area (Å²) in [7, 11) is 0. The van der Waals surface area contributed by atoms with Gasteiger partial charge < -0.3 is 10.2 Å². The van der Waals surface area contributed by atoms with Crippen LogP contribution in [0.3, 0.4) is 0 Å². The number of pyridine rings is 1. The molecule has 0 bridgehead atoms. The molecular formula is C13H16N2OS. The van der Waals surface area contributed by atoms with Crippen molar-refractivity contribution in [2.45, 2.75) is 36.2 Å². The zero-order valence-electron chi connectivity index (χ0n) is 10.0. The van der Waals surface area contributed by atoms with Crippen molar-refractivity contribution < 1.29 is 4.42 Å². The molecule has 0 amide bonds. The highest BCUT2D eigenvalue weighted by molar-refractivity contribution is 7.99. The zero-order chi connectivity index (χ0) is 12.3. The second-order valence-electron chi connectivity index (χ2n) is 4.13. The van der Waals surface area contributed by atoms with E-state index in [-0.39, 0.29) is 6.04 Å². The summed E-state index contributed by atoms with van der Waals surface area (Å²) in [5.74, 6) is 0.927. The monoisotopic (exact) mass is 248 g/mol. The van der Waals surface area contributed by atoms with E-state index in [4.69, 9.17) is 10.2 Å². The van der Waals surface area contributed by atoms with Gasteiger partial charge in [-0.2, -0.15) is 0 Å². The Morgan fingerprint density at radius 1 is 1.41 bits per heavy atom. The summed E-state index contributed by atoms with van der Waals surface area (Å²) < 4.78 is 5.25. The van der Waals surface area contributed by atoms with Gasteiger partial charge in [-0.1, -0.05) is 17.8 Å². The number of aryl methyl sites for hydroxylation is 1. The fourth-order valence-electron chi connectivity index (χ4n) is 1.56. The Kier molecular flexibility index (Phi) is 3.86. The zero-order valence-corrected chi connectivity index (χ0v) is 10.8. The molecular weight excluding hydrogens is 232 g/mol. The van der Waals surface area contributed by atoms with Crippen LogP contribution in [0.25, 0.3) is 0 Å². The lowest BCUT2D eigenvalue weighted by atomic mass is 10.1. The summed E-state index contributed by atoms with van der Waals surface area (Å²) in [5.41, 5.74) is 6.92. The molecule has 90 valence electrons. The second-order valence-corrected chi connectivity index (χ2v) is 5.19. The molecule has 2 aromatic heterocycles. The van der Waals surface area contributed by atoms with Gasteiger partial charge in [0.25, 0.3) is 0 Å². The van der Waals surface area contributed by atoms with Crippen LogP contribution in [0.5, 0.6) is 0 Å². The van der Waals surface area contributed by atoms with Crippen molar-refractivity contribution in [2.75, 3.05) is 0 Å². The maximum Gasteiger partial charge on any atom is 0.114 e. The van der Waals surface area contributed by atoms with Gasteiger partial charge in [0.1, 0.15) is 10.8 Å². The quantitative estimate of drug-likeness (QED) is 0.903. The van der Waals surface area contributed by atoms with Crippen LogP contribution in [0.2, 0.25) is 0 Å². The molecule has 2 N–H and O–H groups in total. The van der Waals surface area contributed by atoms with Crippen molar-refractivity contribution in [3.63, 3.8) is 0 Å². The summed E-state index contributed by atoms with van der Waals surface area (Å²) in [5, 5.41) is 0.975. The standard InChI is InChI=1S/C13H16N2OS/c1-9(14)7-11-3-4-13(15-8-11)17-12-5-6-16-10(12)2/h3-6,8-9H,7,14H2,1-2H3. The third-order valence-electron chi connectivity index (χ3n) is 2.38. The average molecular weight is 248 g/mol. The fraction of sp³-hybridized carbons (Fsp3) is 0.308. The third kappa shape index (κ3) is 3.35. The van der Waals surface area contributed by atoms with E-state index in [2.05, 4.69) is 11.1 Å². The van der Waals surface area contributed by atoms with Crippen LogP contribution in [0, 0.1) is 6.92 Å². The van der Waals surface area contributed by atoms with Crippen molar-refractivity contribution in [2.24, 2.45) is 5.73 Å². The molecule has 17 heavy (non-hydrogen) atoms. The first-order valence-corrected chi connectivity index (χ1v) is 6.39. The van der Waals surface area contributed by atoms with Gasteiger partial charge in [0.15, 0.2) is 0 Å². The molecule has 1 unspecified atom stereocenters. The molecule has 0 saturated carbocycles. The van der Waals surface area contributed by atoms with E-state index in [0.29, 0.717) is 0 Å². The number of aromatic nitrogens is 1. The minimum Gasteiger partial charge on any atom is -0.468 e. The van der Waals surface area contributed by atoms with Crippen molar-refractivity contribution in [3.8, 4) is 0 Å². The molecule has 0 spiro atoms. The first-order chi connectivity index (χ1) is 8.15. The Bertz CT molecular complexity index is 476. The molecule has 0 aromatic carbocycles. The Morgan fingerprint density at radius 3 is 2.76 bits per heavy atom. The summed E-state index contributed by atoms with van der Waals surface area (Å²) in [6, 6.07) is 6.23. The van der Waals surface area contributed by atoms with Crippen LogP contribution in [0.4, 0.5) is 0 Å². The van der Waals surface area contributed by atoms with Crippen molar-refractivity contribution in [1.29, 1.82) is 0 Å². The number of rotatable bonds is 4. The average Bonchev–Trinajstić information content (AvgIpc) is 2.67. The van der Waals surface area contributed by atoms with Crippen LogP contribution in [0.15, 0.2) is 45.0 Å². The third-order valence-corrected chi connectivity index (χ3v) is 3.48. The van der Waals surface area contributed by atoms with Crippen LogP contribution >= 0.6 is 11.8 Å². The minimum absolute atomic E-state index is 0.173. The minimum atomic E-state index is 0.173. The Balaban J connectivity index is 2.06. The van der Waals surface area contributed by atoms with Crippen molar-refractivity contribution in [1.82, 2.24) is 4.98 Å². The summed E-state index contributed by atoms with van der Waals surface area (Å²) in [6.45, 7) is 3.95. The second kappa shape index (κ2) is 5.38. The van der Waals surface area contributed by atoms with Crippen LogP contribution in [0.1, 0.15) is 18.2 Å². The van der Waals surface area contributed by atoms with E-state index in [0.717, 1.165) is 22.1 Å². The molecule has 0 radical (unpaired) electrons. The number of nitrogens with zero attached hydrogens (tertiary/aromatic N) is 1. The summed E-state index contributed by atoms with van der Waals surface area (Å²) in [6.07, 6.45) is 4.45. The first kappa shape index (κ1) is 12.2. The van der Waals surface area contributed by atoms with Gasteiger partial charge in [-0.15, -0.1) is 0 Å². The Morgan fingerprint density at radius 2 is 2.24 bits per heavy atom. The van der Waals surface area contributed by atoms with E-state index in [1.54, 1.807) is 18.0 Å². The van der Waals surface area contributed by atoms with Gasteiger partial charge in [-0.3, -0.25) is 0 Å². The van der Waals surface area contributed by atoms with Crippen molar-refractivity contribution in [3.05, 3.63) is 42.0 Å². The molecule has 3 nitrogen and oxygen atoms in total. The molecule has 2 aromatic rings. The van der Waals surface area contributed by atoms with Gasteiger partial charge in [0.2, 0.25) is 0 Å². The summed E-state index contributed by atoms with van der Waals surface area (Å²) in [4.78, 5) is 5.52. The van der Waals surface area contributed by atoms with Crippen LogP contribution in [-0.4, -0.2) is 11.0 Å². The molecule has 1 atom stereocenters. The van der Waals surface area contributed by atoms with E-state index in [1.165, 1.54) is 5.56 Å². The molecule has 0 saturated heterocycles. The van der Waals surface area contributed by atoms with Gasteiger partial charge in [-0.25, -0.2) is 4.98 Å². The SMILES string of the molecule is Cc1occc1Sc1ccc(CC(C)N)cn1. The highest BCUT2D eigenvalue weighted by atomic mass is 32.2. The largest absolute Gasteiger partial charge is 0.468 e. The number of nitrogens with two attached hydrogens (primary N) is 1. The van der Waals surface area contributed by atoms with Gasteiger partial charge in [-0.05, 0) is 38.0 Å². The highest BCUT2D eigenvalue weighted by Crippen LogP contribution is 2.29. The van der Waals surface area contributed by atoms with Crippen LogP contribution < -0.4 is 5.73 Å². The lowest BCUT2D eigenvalue weighted by Gasteiger charge is -2.05. The molecule has 0 aliphatic heterocycles. The fourth-order valence-corrected chi connectivity index (χ4v) is 2.34.